The minimum Gasteiger partial charge on any atom is -0.493 e. The second kappa shape index (κ2) is 7.39. The SMILES string of the molecule is COc1cccc([C@@H]2CC(=O)Nc3c2c(C)nn3-c2nc3ccc(C)cc3s2)c1OC. The number of carbonyl (C=O) groups excluding carboxylic acids is 1. The van der Waals surface area contributed by atoms with Gasteiger partial charge in [-0.15, -0.1) is 0 Å². The van der Waals surface area contributed by atoms with E-state index in [1.807, 2.05) is 37.3 Å². The number of nitrogens with zero attached hydrogens (tertiary/aromatic N) is 3. The number of methoxy groups -OCH3 is 2. The summed E-state index contributed by atoms with van der Waals surface area (Å²) in [5.41, 5.74) is 4.82. The van der Waals surface area contributed by atoms with Gasteiger partial charge in [0.1, 0.15) is 5.82 Å². The van der Waals surface area contributed by atoms with Crippen LogP contribution in [0, 0.1) is 13.8 Å². The molecule has 2 aromatic carbocycles. The molecule has 0 spiro atoms. The van der Waals surface area contributed by atoms with Gasteiger partial charge in [-0.25, -0.2) is 4.98 Å². The van der Waals surface area contributed by atoms with E-state index in [2.05, 4.69) is 18.3 Å². The summed E-state index contributed by atoms with van der Waals surface area (Å²) < 4.78 is 14.0. The standard InChI is InChI=1S/C23H22N4O3S/c1-12-8-9-16-18(10-12)31-23(24-16)27-22-20(13(2)26-27)15(11-19(28)25-22)14-6-5-7-17(29-3)21(14)30-4/h5-10,15H,11H2,1-4H3,(H,25,28)/t15-/m0/s1. The molecule has 7 nitrogen and oxygen atoms in total. The number of aromatic nitrogens is 3. The van der Waals surface area contributed by atoms with Gasteiger partial charge in [0.05, 0.1) is 30.1 Å². The third-order valence-corrected chi connectivity index (χ3v) is 6.62. The molecule has 158 valence electrons. The van der Waals surface area contributed by atoms with Gasteiger partial charge >= 0.3 is 0 Å². The maximum absolute atomic E-state index is 12.7. The van der Waals surface area contributed by atoms with E-state index in [1.54, 1.807) is 30.2 Å². The van der Waals surface area contributed by atoms with E-state index in [-0.39, 0.29) is 11.8 Å². The van der Waals surface area contributed by atoms with Crippen molar-refractivity contribution in [2.45, 2.75) is 26.2 Å². The zero-order valence-corrected chi connectivity index (χ0v) is 18.5. The number of ether oxygens (including phenoxy) is 2. The molecule has 5 rings (SSSR count). The topological polar surface area (TPSA) is 78.3 Å². The van der Waals surface area contributed by atoms with Crippen LogP contribution in [-0.4, -0.2) is 34.9 Å². The van der Waals surface area contributed by atoms with Crippen LogP contribution in [0.4, 0.5) is 5.82 Å². The van der Waals surface area contributed by atoms with Gasteiger partial charge in [0.2, 0.25) is 11.0 Å². The van der Waals surface area contributed by atoms with E-state index >= 15 is 0 Å². The Hall–Kier alpha value is -3.39. The summed E-state index contributed by atoms with van der Waals surface area (Å²) in [6, 6.07) is 11.9. The number of anilines is 1. The number of hydrogen-bond donors (Lipinski definition) is 1. The fourth-order valence-corrected chi connectivity index (χ4v) is 5.27. The molecule has 4 aromatic rings. The molecule has 2 aromatic heterocycles. The van der Waals surface area contributed by atoms with Crippen molar-refractivity contribution in [1.82, 2.24) is 14.8 Å². The van der Waals surface area contributed by atoms with E-state index < -0.39 is 0 Å². The number of aryl methyl sites for hydroxylation is 2. The van der Waals surface area contributed by atoms with Gasteiger partial charge in [-0.3, -0.25) is 4.79 Å². The fraction of sp³-hybridized carbons (Fsp3) is 0.261. The zero-order chi connectivity index (χ0) is 21.7. The maximum Gasteiger partial charge on any atom is 0.226 e. The van der Waals surface area contributed by atoms with Gasteiger partial charge in [0, 0.05) is 23.5 Å². The lowest BCUT2D eigenvalue weighted by molar-refractivity contribution is -0.116. The summed E-state index contributed by atoms with van der Waals surface area (Å²) in [5, 5.41) is 8.52. The second-order valence-electron chi connectivity index (χ2n) is 7.61. The summed E-state index contributed by atoms with van der Waals surface area (Å²) in [5.74, 6) is 1.68. The molecule has 0 bridgehead atoms. The number of carbonyl (C=O) groups is 1. The number of thiazole rings is 1. The van der Waals surface area contributed by atoms with E-state index in [9.17, 15) is 4.79 Å². The molecular formula is C23H22N4O3S. The third kappa shape index (κ3) is 3.14. The molecule has 0 radical (unpaired) electrons. The number of nitrogens with one attached hydrogen (secondary N) is 1. The van der Waals surface area contributed by atoms with Crippen LogP contribution in [0.3, 0.4) is 0 Å². The Morgan fingerprint density at radius 1 is 1.16 bits per heavy atom. The minimum atomic E-state index is -0.195. The molecule has 1 aliphatic rings. The molecule has 3 heterocycles. The lowest BCUT2D eigenvalue weighted by atomic mass is 9.85. The van der Waals surface area contributed by atoms with Crippen LogP contribution in [0.15, 0.2) is 36.4 Å². The monoisotopic (exact) mass is 434 g/mol. The summed E-state index contributed by atoms with van der Waals surface area (Å²) >= 11 is 1.56. The smallest absolute Gasteiger partial charge is 0.226 e. The Kier molecular flexibility index (Phi) is 4.66. The molecule has 0 aliphatic carbocycles. The first-order valence-corrected chi connectivity index (χ1v) is 10.8. The van der Waals surface area contributed by atoms with Gasteiger partial charge in [-0.1, -0.05) is 29.5 Å². The number of rotatable bonds is 4. The van der Waals surface area contributed by atoms with Gasteiger partial charge in [-0.05, 0) is 37.6 Å². The Balaban J connectivity index is 1.68. The molecular weight excluding hydrogens is 412 g/mol. The Morgan fingerprint density at radius 2 is 2.00 bits per heavy atom. The van der Waals surface area contributed by atoms with Crippen LogP contribution < -0.4 is 14.8 Å². The van der Waals surface area contributed by atoms with Gasteiger partial charge in [0.25, 0.3) is 0 Å². The molecule has 1 atom stereocenters. The number of fused-ring (bicyclic) bond motifs is 2. The average molecular weight is 435 g/mol. The number of benzene rings is 2. The first-order chi connectivity index (χ1) is 15.0. The predicted molar refractivity (Wildman–Crippen MR) is 121 cm³/mol. The lowest BCUT2D eigenvalue weighted by Gasteiger charge is -2.26. The van der Waals surface area contributed by atoms with Crippen molar-refractivity contribution in [3.05, 3.63) is 58.8 Å². The van der Waals surface area contributed by atoms with E-state index in [1.165, 1.54) is 5.56 Å². The highest BCUT2D eigenvalue weighted by molar-refractivity contribution is 7.20. The molecule has 0 saturated heterocycles. The third-order valence-electron chi connectivity index (χ3n) is 5.63. The Morgan fingerprint density at radius 3 is 2.77 bits per heavy atom. The van der Waals surface area contributed by atoms with Crippen molar-refractivity contribution >= 4 is 33.3 Å². The number of hydrogen-bond acceptors (Lipinski definition) is 6. The van der Waals surface area contributed by atoms with Gasteiger partial charge in [-0.2, -0.15) is 9.78 Å². The summed E-state index contributed by atoms with van der Waals surface area (Å²) in [7, 11) is 3.23. The highest BCUT2D eigenvalue weighted by atomic mass is 32.1. The molecule has 0 fully saturated rings. The Bertz CT molecular complexity index is 1320. The van der Waals surface area contributed by atoms with Crippen LogP contribution in [0.1, 0.15) is 34.7 Å². The highest BCUT2D eigenvalue weighted by Crippen LogP contribution is 2.46. The van der Waals surface area contributed by atoms with Crippen molar-refractivity contribution in [3.63, 3.8) is 0 Å². The lowest BCUT2D eigenvalue weighted by Crippen LogP contribution is -2.25. The highest BCUT2D eigenvalue weighted by Gasteiger charge is 2.35. The van der Waals surface area contributed by atoms with E-state index in [0.29, 0.717) is 23.7 Å². The van der Waals surface area contributed by atoms with Crippen LogP contribution >= 0.6 is 11.3 Å². The molecule has 0 unspecified atom stereocenters. The fourth-order valence-electron chi connectivity index (χ4n) is 4.25. The summed E-state index contributed by atoms with van der Waals surface area (Å²) in [4.78, 5) is 17.5. The Labute approximate surface area is 183 Å². The van der Waals surface area contributed by atoms with Crippen molar-refractivity contribution in [2.75, 3.05) is 19.5 Å². The number of para-hydroxylation sites is 1. The van der Waals surface area contributed by atoms with Crippen LogP contribution in [-0.2, 0) is 4.79 Å². The predicted octanol–water partition coefficient (Wildman–Crippen LogP) is 4.59. The van der Waals surface area contributed by atoms with Crippen LogP contribution in [0.25, 0.3) is 15.3 Å². The molecule has 31 heavy (non-hydrogen) atoms. The molecule has 1 aliphatic heterocycles. The van der Waals surface area contributed by atoms with E-state index in [0.717, 1.165) is 32.2 Å². The largest absolute Gasteiger partial charge is 0.493 e. The minimum absolute atomic E-state index is 0.0690. The quantitative estimate of drug-likeness (QED) is 0.508. The van der Waals surface area contributed by atoms with Crippen molar-refractivity contribution < 1.29 is 14.3 Å². The average Bonchev–Trinajstić information content (AvgIpc) is 3.32. The normalized spacial score (nSPS) is 15.6. The van der Waals surface area contributed by atoms with Crippen LogP contribution in [0.5, 0.6) is 11.5 Å². The summed E-state index contributed by atoms with van der Waals surface area (Å²) in [6.45, 7) is 4.02. The van der Waals surface area contributed by atoms with E-state index in [4.69, 9.17) is 19.6 Å². The van der Waals surface area contributed by atoms with Crippen molar-refractivity contribution in [2.24, 2.45) is 0 Å². The van der Waals surface area contributed by atoms with Gasteiger partial charge in [0.15, 0.2) is 11.5 Å². The summed E-state index contributed by atoms with van der Waals surface area (Å²) in [6.07, 6.45) is 0.308. The first-order valence-electron chi connectivity index (χ1n) is 9.98. The van der Waals surface area contributed by atoms with Crippen LogP contribution in [0.2, 0.25) is 0 Å². The number of amides is 1. The molecule has 0 saturated carbocycles. The first kappa shape index (κ1) is 19.6. The zero-order valence-electron chi connectivity index (χ0n) is 17.7. The molecule has 1 N–H and O–H groups in total. The molecule has 1 amide bonds. The van der Waals surface area contributed by atoms with Gasteiger partial charge < -0.3 is 14.8 Å². The molecule has 8 heteroatoms. The second-order valence-corrected chi connectivity index (χ2v) is 8.62. The van der Waals surface area contributed by atoms with Crippen molar-refractivity contribution in [3.8, 4) is 16.6 Å². The van der Waals surface area contributed by atoms with Crippen molar-refractivity contribution in [1.29, 1.82) is 0 Å². The maximum atomic E-state index is 12.7.